The van der Waals surface area contributed by atoms with Crippen LogP contribution in [-0.2, 0) is 0 Å². The highest BCUT2D eigenvalue weighted by Crippen LogP contribution is 2.24. The molecule has 1 N–H and O–H groups in total. The lowest BCUT2D eigenvalue weighted by Gasteiger charge is -2.17. The molecular weight excluding hydrogens is 240 g/mol. The van der Waals surface area contributed by atoms with Crippen LogP contribution in [0.3, 0.4) is 0 Å². The Labute approximate surface area is 114 Å². The van der Waals surface area contributed by atoms with Gasteiger partial charge in [0.15, 0.2) is 5.17 Å². The van der Waals surface area contributed by atoms with E-state index in [0.29, 0.717) is 18.0 Å². The Kier molecular flexibility index (Phi) is 4.33. The highest BCUT2D eigenvalue weighted by Gasteiger charge is 2.22. The number of nitrogens with zero attached hydrogens (tertiary/aromatic N) is 1. The summed E-state index contributed by atoms with van der Waals surface area (Å²) < 4.78 is 0. The number of amidine groups is 1. The van der Waals surface area contributed by atoms with E-state index in [1.165, 1.54) is 11.1 Å². The largest absolute Gasteiger partial charge is 0.358 e. The van der Waals surface area contributed by atoms with E-state index < -0.39 is 0 Å². The van der Waals surface area contributed by atoms with Gasteiger partial charge >= 0.3 is 0 Å². The molecule has 3 heteroatoms. The van der Waals surface area contributed by atoms with Gasteiger partial charge < -0.3 is 5.32 Å². The summed E-state index contributed by atoms with van der Waals surface area (Å²) in [4.78, 5) is 4.75. The van der Waals surface area contributed by atoms with Crippen molar-refractivity contribution < 1.29 is 0 Å². The molecule has 1 aliphatic rings. The van der Waals surface area contributed by atoms with Crippen LogP contribution < -0.4 is 5.32 Å². The van der Waals surface area contributed by atoms with Gasteiger partial charge in [-0.1, -0.05) is 49.9 Å². The lowest BCUT2D eigenvalue weighted by Crippen LogP contribution is -2.23. The quantitative estimate of drug-likeness (QED) is 0.896. The van der Waals surface area contributed by atoms with Crippen LogP contribution in [0.4, 0.5) is 0 Å². The molecule has 0 saturated carbocycles. The minimum absolute atomic E-state index is 0.323. The fourth-order valence-corrected chi connectivity index (χ4v) is 3.40. The average molecular weight is 262 g/mol. The van der Waals surface area contributed by atoms with E-state index in [-0.39, 0.29) is 0 Å². The molecule has 1 unspecified atom stereocenters. The van der Waals surface area contributed by atoms with Gasteiger partial charge in [-0.3, -0.25) is 4.99 Å². The first kappa shape index (κ1) is 13.5. The van der Waals surface area contributed by atoms with Gasteiger partial charge in [0.25, 0.3) is 0 Å². The number of hydrogen-bond acceptors (Lipinski definition) is 3. The van der Waals surface area contributed by atoms with Crippen molar-refractivity contribution in [3.05, 3.63) is 35.4 Å². The standard InChI is InChI=1S/C15H22N2S/c1-10(2)14-9-18-15(17-14)16-12(4)13-8-6-5-7-11(13)3/h5-8,10,12,14H,9H2,1-4H3,(H,16,17)/t12?,14-/m1/s1. The van der Waals surface area contributed by atoms with Gasteiger partial charge in [-0.2, -0.15) is 0 Å². The molecule has 0 fully saturated rings. The summed E-state index contributed by atoms with van der Waals surface area (Å²) in [5.41, 5.74) is 2.69. The van der Waals surface area contributed by atoms with Gasteiger partial charge in [0.05, 0.1) is 12.1 Å². The fraction of sp³-hybridized carbons (Fsp3) is 0.533. The molecule has 1 aromatic carbocycles. The molecule has 0 aliphatic carbocycles. The number of thioether (sulfide) groups is 1. The van der Waals surface area contributed by atoms with Crippen LogP contribution in [0.25, 0.3) is 0 Å². The van der Waals surface area contributed by atoms with E-state index in [9.17, 15) is 0 Å². The van der Waals surface area contributed by atoms with Crippen molar-refractivity contribution >= 4 is 16.9 Å². The summed E-state index contributed by atoms with van der Waals surface area (Å²) in [6.45, 7) is 8.84. The van der Waals surface area contributed by atoms with Gasteiger partial charge in [-0.25, -0.2) is 0 Å². The first-order chi connectivity index (χ1) is 8.58. The monoisotopic (exact) mass is 262 g/mol. The van der Waals surface area contributed by atoms with E-state index in [0.717, 1.165) is 10.9 Å². The Balaban J connectivity index is 2.03. The van der Waals surface area contributed by atoms with E-state index in [4.69, 9.17) is 4.99 Å². The number of aryl methyl sites for hydroxylation is 1. The molecule has 0 saturated heterocycles. The van der Waals surface area contributed by atoms with Gasteiger partial charge in [0.2, 0.25) is 0 Å². The molecule has 1 aliphatic heterocycles. The Morgan fingerprint density at radius 3 is 2.61 bits per heavy atom. The van der Waals surface area contributed by atoms with Crippen LogP contribution in [0.5, 0.6) is 0 Å². The van der Waals surface area contributed by atoms with Crippen molar-refractivity contribution in [3.8, 4) is 0 Å². The minimum atomic E-state index is 0.323. The van der Waals surface area contributed by atoms with Crippen LogP contribution in [0.1, 0.15) is 37.9 Å². The predicted octanol–water partition coefficient (Wildman–Crippen LogP) is 3.77. The zero-order chi connectivity index (χ0) is 13.1. The van der Waals surface area contributed by atoms with Crippen molar-refractivity contribution in [1.82, 2.24) is 5.32 Å². The molecule has 2 atom stereocenters. The highest BCUT2D eigenvalue weighted by atomic mass is 32.2. The summed E-state index contributed by atoms with van der Waals surface area (Å²) in [7, 11) is 0. The number of benzene rings is 1. The summed E-state index contributed by atoms with van der Waals surface area (Å²) in [6, 6.07) is 9.33. The number of hydrogen-bond donors (Lipinski definition) is 1. The van der Waals surface area contributed by atoms with Crippen LogP contribution in [0.15, 0.2) is 29.3 Å². The van der Waals surface area contributed by atoms with E-state index in [1.54, 1.807) is 0 Å². The first-order valence-electron chi connectivity index (χ1n) is 6.60. The predicted molar refractivity (Wildman–Crippen MR) is 81.2 cm³/mol. The Morgan fingerprint density at radius 2 is 2.00 bits per heavy atom. The van der Waals surface area contributed by atoms with E-state index in [2.05, 4.69) is 57.3 Å². The molecule has 2 nitrogen and oxygen atoms in total. The Hall–Kier alpha value is -0.960. The summed E-state index contributed by atoms with van der Waals surface area (Å²) in [6.07, 6.45) is 0. The smallest absolute Gasteiger partial charge is 0.157 e. The Morgan fingerprint density at radius 1 is 1.28 bits per heavy atom. The summed E-state index contributed by atoms with van der Waals surface area (Å²) >= 11 is 1.85. The van der Waals surface area contributed by atoms with Crippen LogP contribution in [0, 0.1) is 12.8 Å². The van der Waals surface area contributed by atoms with Crippen LogP contribution >= 0.6 is 11.8 Å². The van der Waals surface area contributed by atoms with Crippen molar-refractivity contribution in [1.29, 1.82) is 0 Å². The topological polar surface area (TPSA) is 24.4 Å². The van der Waals surface area contributed by atoms with Gasteiger partial charge in [-0.15, -0.1) is 0 Å². The zero-order valence-corrected chi connectivity index (χ0v) is 12.4. The first-order valence-corrected chi connectivity index (χ1v) is 7.59. The molecule has 0 spiro atoms. The molecule has 2 rings (SSSR count). The summed E-state index contributed by atoms with van der Waals surface area (Å²) in [5.74, 6) is 1.74. The Bertz CT molecular complexity index is 440. The number of nitrogens with one attached hydrogen (secondary N) is 1. The molecule has 1 aromatic rings. The second kappa shape index (κ2) is 5.79. The third-order valence-corrected chi connectivity index (χ3v) is 4.44. The highest BCUT2D eigenvalue weighted by molar-refractivity contribution is 8.14. The van der Waals surface area contributed by atoms with E-state index >= 15 is 0 Å². The van der Waals surface area contributed by atoms with Gasteiger partial charge in [-0.05, 0) is 30.9 Å². The maximum Gasteiger partial charge on any atom is 0.157 e. The molecule has 0 bridgehead atoms. The molecule has 0 amide bonds. The average Bonchev–Trinajstić information content (AvgIpc) is 2.78. The molecule has 1 heterocycles. The molecule has 18 heavy (non-hydrogen) atoms. The lowest BCUT2D eigenvalue weighted by atomic mass is 10.0. The van der Waals surface area contributed by atoms with Gasteiger partial charge in [0.1, 0.15) is 0 Å². The zero-order valence-electron chi connectivity index (χ0n) is 11.6. The third kappa shape index (κ3) is 3.08. The molecule has 0 radical (unpaired) electrons. The maximum atomic E-state index is 4.75. The second-order valence-electron chi connectivity index (χ2n) is 5.28. The van der Waals surface area contributed by atoms with Crippen molar-refractivity contribution in [2.24, 2.45) is 10.9 Å². The van der Waals surface area contributed by atoms with E-state index in [1.807, 2.05) is 11.8 Å². The SMILES string of the molecule is Cc1ccccc1C(C)NC1=N[C@@H](C(C)C)CS1. The molecule has 0 aromatic heterocycles. The number of aliphatic imine (C=N–C) groups is 1. The second-order valence-corrected chi connectivity index (χ2v) is 6.29. The molecular formula is C15H22N2S. The fourth-order valence-electron chi connectivity index (χ4n) is 2.15. The normalized spacial score (nSPS) is 20.9. The third-order valence-electron chi connectivity index (χ3n) is 3.44. The van der Waals surface area contributed by atoms with Crippen molar-refractivity contribution in [2.45, 2.75) is 39.8 Å². The minimum Gasteiger partial charge on any atom is -0.358 e. The molecule has 98 valence electrons. The van der Waals surface area contributed by atoms with Crippen LogP contribution in [0.2, 0.25) is 0 Å². The maximum absolute atomic E-state index is 4.75. The van der Waals surface area contributed by atoms with Crippen molar-refractivity contribution in [3.63, 3.8) is 0 Å². The van der Waals surface area contributed by atoms with Crippen molar-refractivity contribution in [2.75, 3.05) is 5.75 Å². The lowest BCUT2D eigenvalue weighted by molar-refractivity contribution is 0.541. The number of rotatable bonds is 3. The summed E-state index contributed by atoms with van der Waals surface area (Å²) in [5, 5.41) is 4.64. The van der Waals surface area contributed by atoms with Crippen LogP contribution in [-0.4, -0.2) is 17.0 Å². The van der Waals surface area contributed by atoms with Gasteiger partial charge in [0, 0.05) is 5.75 Å².